The highest BCUT2D eigenvalue weighted by atomic mass is 28.5. The van der Waals surface area contributed by atoms with E-state index in [0.717, 1.165) is 69.1 Å². The smallest absolute Gasteiger partial charge is 0.389 e. The van der Waals surface area contributed by atoms with E-state index in [1.54, 1.807) is 0 Å². The van der Waals surface area contributed by atoms with Crippen molar-refractivity contribution in [3.8, 4) is 0 Å². The third-order valence-corrected chi connectivity index (χ3v) is 66.3. The molecule has 0 amide bonds. The van der Waals surface area contributed by atoms with Crippen molar-refractivity contribution in [2.45, 2.75) is 235 Å². The molecule has 0 atom stereocenters. The first-order valence-corrected chi connectivity index (χ1v) is 57.1. The predicted molar refractivity (Wildman–Crippen MR) is 372 cm³/mol. The van der Waals surface area contributed by atoms with Gasteiger partial charge in [0.05, 0.1) is 0 Å². The Morgan fingerprint density at radius 1 is 0.241 bits per heavy atom. The molecule has 0 radical (unpaired) electrons. The lowest BCUT2D eigenvalue weighted by Crippen LogP contribution is -2.74. The normalized spacial score (nSPS) is 14.1. The molecule has 0 bridgehead atoms. The van der Waals surface area contributed by atoms with Crippen molar-refractivity contribution in [3.05, 3.63) is 121 Å². The van der Waals surface area contributed by atoms with Crippen LogP contribution in [-0.2, 0) is 50.0 Å². The van der Waals surface area contributed by atoms with Crippen LogP contribution in [0.15, 0.2) is 121 Å². The molecule has 23 heteroatoms. The van der Waals surface area contributed by atoms with Gasteiger partial charge in [-0.05, 0) is 160 Å². The molecule has 0 aromatic heterocycles. The van der Waals surface area contributed by atoms with Crippen LogP contribution >= 0.6 is 0 Å². The van der Waals surface area contributed by atoms with E-state index in [-0.39, 0.29) is 12.2 Å². The maximum Gasteiger partial charge on any atom is 0.389 e. The summed E-state index contributed by atoms with van der Waals surface area (Å²) < 4.78 is 91.9. The Kier molecular flexibility index (Phi) is 28.6. The Balaban J connectivity index is 1.90. The standard InChI is InChI=1S/C60H112O12Si11/c1-23-76(24-2,61-55(13)14)67-78(27-5,28-6)69-80(31-9,32-10)71-82(57-47-39-35-40-48-57,58-49-41-36-42-50-58)65-74(19,20)63-73(17,18)64-75(21,22)66-83(59-51-43-37-44-52-59,60-53-45-38-46-54-60)72-81(33-11,34-12)70-79(29-7,30-8)68-77(25-3,26-4)62-56(15)16/h35-56H,23-34H2,1-22H3. The molecule has 0 aliphatic rings. The highest BCUT2D eigenvalue weighted by Gasteiger charge is 2.61. The van der Waals surface area contributed by atoms with Crippen molar-refractivity contribution in [1.82, 2.24) is 0 Å². The van der Waals surface area contributed by atoms with E-state index in [2.05, 4.69) is 271 Å². The maximum atomic E-state index is 8.15. The summed E-state index contributed by atoms with van der Waals surface area (Å²) >= 11 is 0. The average Bonchev–Trinajstić information content (AvgIpc) is 2.32. The molecule has 468 valence electrons. The van der Waals surface area contributed by atoms with Gasteiger partial charge in [-0.25, -0.2) is 0 Å². The Morgan fingerprint density at radius 2 is 0.422 bits per heavy atom. The van der Waals surface area contributed by atoms with Crippen LogP contribution in [0.5, 0.6) is 0 Å². The molecule has 0 aliphatic carbocycles. The molecule has 0 unspecified atom stereocenters. The van der Waals surface area contributed by atoms with Crippen LogP contribution in [0.2, 0.25) is 112 Å². The van der Waals surface area contributed by atoms with E-state index in [1.165, 1.54) is 0 Å². The van der Waals surface area contributed by atoms with Gasteiger partial charge in [0.2, 0.25) is 0 Å². The summed E-state index contributed by atoms with van der Waals surface area (Å²) in [6.45, 7) is 48.1. The lowest BCUT2D eigenvalue weighted by atomic mass is 10.4. The number of hydrogen-bond acceptors (Lipinski definition) is 12. The summed E-state index contributed by atoms with van der Waals surface area (Å²) in [7, 11) is -34.8. The van der Waals surface area contributed by atoms with Crippen molar-refractivity contribution in [3.63, 3.8) is 0 Å². The summed E-state index contributed by atoms with van der Waals surface area (Å²) in [4.78, 5) is 0. The maximum absolute atomic E-state index is 8.15. The first-order valence-electron chi connectivity index (χ1n) is 31.6. The van der Waals surface area contributed by atoms with E-state index in [1.807, 2.05) is 0 Å². The second-order valence-electron chi connectivity index (χ2n) is 24.0. The Bertz CT molecular complexity index is 2210. The van der Waals surface area contributed by atoms with Crippen molar-refractivity contribution < 1.29 is 50.0 Å². The van der Waals surface area contributed by atoms with Crippen LogP contribution in [-0.4, -0.2) is 106 Å². The fourth-order valence-electron chi connectivity index (χ4n) is 11.6. The monoisotopic (exact) mass is 1330 g/mol. The predicted octanol–water partition coefficient (Wildman–Crippen LogP) is 15.5. The van der Waals surface area contributed by atoms with E-state index >= 15 is 0 Å². The number of rotatable bonds is 40. The first-order chi connectivity index (χ1) is 39.1. The molecule has 4 aromatic rings. The van der Waals surface area contributed by atoms with Crippen LogP contribution in [0, 0.1) is 0 Å². The molecule has 0 heterocycles. The molecule has 83 heavy (non-hydrogen) atoms. The summed E-state index contributed by atoms with van der Waals surface area (Å²) in [5, 5.41) is 4.00. The fraction of sp³-hybridized carbons (Fsp3) is 0.600. The zero-order valence-corrected chi connectivity index (χ0v) is 66.6. The minimum Gasteiger partial charge on any atom is -0.416 e. The third kappa shape index (κ3) is 19.4. The Hall–Kier alpha value is -1.21. The number of hydrogen-bond donors (Lipinski definition) is 0. The lowest BCUT2D eigenvalue weighted by molar-refractivity contribution is 0.162. The van der Waals surface area contributed by atoms with E-state index in [4.69, 9.17) is 50.0 Å². The van der Waals surface area contributed by atoms with Crippen molar-refractivity contribution in [2.24, 2.45) is 0 Å². The second kappa shape index (κ2) is 32.0. The summed E-state index contributed by atoms with van der Waals surface area (Å²) in [5.74, 6) is 0. The zero-order valence-electron chi connectivity index (χ0n) is 55.6. The van der Waals surface area contributed by atoms with Gasteiger partial charge in [-0.1, -0.05) is 204 Å². The first kappa shape index (κ1) is 74.3. The summed E-state index contributed by atoms with van der Waals surface area (Å²) in [6.07, 6.45) is 0.0975. The minimum atomic E-state index is -3.73. The molecule has 0 saturated heterocycles. The molecule has 0 N–H and O–H groups in total. The lowest BCUT2D eigenvalue weighted by Gasteiger charge is -2.49. The van der Waals surface area contributed by atoms with E-state index in [0.29, 0.717) is 24.2 Å². The molecule has 0 fully saturated rings. The fourth-order valence-corrected chi connectivity index (χ4v) is 70.8. The van der Waals surface area contributed by atoms with Crippen molar-refractivity contribution >= 4 is 115 Å². The molecule has 0 saturated carbocycles. The molecule has 12 nitrogen and oxygen atoms in total. The Morgan fingerprint density at radius 3 is 0.614 bits per heavy atom. The van der Waals surface area contributed by atoms with Gasteiger partial charge < -0.3 is 50.0 Å². The summed E-state index contributed by atoms with van der Waals surface area (Å²) in [5.41, 5.74) is 0. The van der Waals surface area contributed by atoms with Gasteiger partial charge in [0.1, 0.15) is 0 Å². The summed E-state index contributed by atoms with van der Waals surface area (Å²) in [6, 6.07) is 51.7. The van der Waals surface area contributed by atoms with Crippen LogP contribution in [0.1, 0.15) is 111 Å². The van der Waals surface area contributed by atoms with E-state index in [9.17, 15) is 0 Å². The van der Waals surface area contributed by atoms with Crippen LogP contribution in [0.3, 0.4) is 0 Å². The van der Waals surface area contributed by atoms with Crippen molar-refractivity contribution in [2.75, 3.05) is 0 Å². The van der Waals surface area contributed by atoms with Crippen LogP contribution < -0.4 is 20.7 Å². The van der Waals surface area contributed by atoms with Gasteiger partial charge in [0.15, 0.2) is 0 Å². The number of benzene rings is 4. The molecule has 4 aromatic carbocycles. The van der Waals surface area contributed by atoms with Gasteiger partial charge in [-0.3, -0.25) is 0 Å². The average molecular weight is 1330 g/mol. The SMILES string of the molecule is CC[Si](CC)(OC(C)C)O[Si](CC)(CC)O[Si](CC)(CC)O[Si](O[Si](C)(C)O[Si](C)(C)O[Si](C)(C)O[Si](O[Si](CC)(CC)O[Si](CC)(CC)O[Si](CC)(CC)OC(C)C)(c1ccccc1)c1ccccc1)(c1ccccc1)c1ccccc1. The van der Waals surface area contributed by atoms with Crippen molar-refractivity contribution in [1.29, 1.82) is 0 Å². The minimum absolute atomic E-state index is 0.0487. The van der Waals surface area contributed by atoms with Gasteiger partial charge in [0.25, 0.3) is 0 Å². The Labute approximate surface area is 517 Å². The molecular formula is C60H112O12Si11. The van der Waals surface area contributed by atoms with Crippen LogP contribution in [0.25, 0.3) is 0 Å². The molecule has 0 spiro atoms. The largest absolute Gasteiger partial charge is 0.416 e. The highest BCUT2D eigenvalue weighted by Crippen LogP contribution is 2.40. The van der Waals surface area contributed by atoms with Crippen LogP contribution in [0.4, 0.5) is 0 Å². The zero-order chi connectivity index (χ0) is 62.1. The molecule has 0 aliphatic heterocycles. The quantitative estimate of drug-likeness (QED) is 0.0395. The third-order valence-electron chi connectivity index (χ3n) is 15.9. The molecule has 4 rings (SSSR count). The van der Waals surface area contributed by atoms with Gasteiger partial charge >= 0.3 is 94.2 Å². The molecular weight excluding hydrogens is 1220 g/mol. The highest BCUT2D eigenvalue weighted by molar-refractivity contribution is 7.05. The van der Waals surface area contributed by atoms with Gasteiger partial charge in [-0.15, -0.1) is 0 Å². The second-order valence-corrected chi connectivity index (χ2v) is 65.2. The van der Waals surface area contributed by atoms with E-state index < -0.39 is 94.2 Å². The topological polar surface area (TPSA) is 111 Å². The van der Waals surface area contributed by atoms with Gasteiger partial charge in [-0.2, -0.15) is 0 Å². The van der Waals surface area contributed by atoms with Gasteiger partial charge in [0, 0.05) is 12.2 Å².